The summed E-state index contributed by atoms with van der Waals surface area (Å²) in [6, 6.07) is 3.71. The van der Waals surface area contributed by atoms with Crippen molar-refractivity contribution in [1.29, 1.82) is 0 Å². The van der Waals surface area contributed by atoms with Gasteiger partial charge in [-0.2, -0.15) is 0 Å². The van der Waals surface area contributed by atoms with Crippen LogP contribution in [0.5, 0.6) is 0 Å². The van der Waals surface area contributed by atoms with E-state index in [1.165, 1.54) is 11.3 Å². The molecule has 56 valence electrons. The zero-order chi connectivity index (χ0) is 8.10. The van der Waals surface area contributed by atoms with Gasteiger partial charge in [0.1, 0.15) is 0 Å². The molecule has 0 aliphatic heterocycles. The number of hydrogen-bond donors (Lipinski definition) is 0. The van der Waals surface area contributed by atoms with Crippen LogP contribution in [0, 0.1) is 0 Å². The third kappa shape index (κ3) is 2.13. The molecule has 1 aromatic heterocycles. The predicted octanol–water partition coefficient (Wildman–Crippen LogP) is 1.53. The summed E-state index contributed by atoms with van der Waals surface area (Å²) in [6.07, 6.45) is 2.66. The van der Waals surface area contributed by atoms with E-state index in [-0.39, 0.29) is 5.57 Å². The summed E-state index contributed by atoms with van der Waals surface area (Å²) in [6.45, 7) is 0. The maximum Gasteiger partial charge on any atom is 0.153 e. The Morgan fingerprint density at radius 3 is 2.55 bits per heavy atom. The van der Waals surface area contributed by atoms with Gasteiger partial charge in [0.05, 0.1) is 5.57 Å². The van der Waals surface area contributed by atoms with E-state index in [9.17, 15) is 9.59 Å². The van der Waals surface area contributed by atoms with Crippen molar-refractivity contribution in [3.63, 3.8) is 0 Å². The monoisotopic (exact) mass is 166 g/mol. The molecule has 0 spiro atoms. The Bertz CT molecular complexity index is 262. The van der Waals surface area contributed by atoms with Crippen molar-refractivity contribution in [2.24, 2.45) is 0 Å². The maximum atomic E-state index is 10.2. The molecule has 1 rings (SSSR count). The molecule has 2 nitrogen and oxygen atoms in total. The van der Waals surface area contributed by atoms with Crippen LogP contribution in [0.25, 0.3) is 6.08 Å². The summed E-state index contributed by atoms with van der Waals surface area (Å²) in [5.74, 6) is 0. The SMILES string of the molecule is O=CC(C=O)=Cc1cccs1. The van der Waals surface area contributed by atoms with Crippen LogP contribution in [0.4, 0.5) is 0 Å². The van der Waals surface area contributed by atoms with Crippen molar-refractivity contribution < 1.29 is 9.59 Å². The van der Waals surface area contributed by atoms with Gasteiger partial charge in [0, 0.05) is 4.88 Å². The average molecular weight is 166 g/mol. The number of thiophene rings is 1. The molecule has 0 aliphatic carbocycles. The highest BCUT2D eigenvalue weighted by molar-refractivity contribution is 7.10. The highest BCUT2D eigenvalue weighted by Crippen LogP contribution is 2.11. The first-order chi connectivity index (χ1) is 5.36. The minimum Gasteiger partial charge on any atom is -0.298 e. The first-order valence-electron chi connectivity index (χ1n) is 3.02. The third-order valence-corrected chi connectivity index (χ3v) is 1.94. The van der Waals surface area contributed by atoms with Gasteiger partial charge in [-0.1, -0.05) is 6.07 Å². The molecule has 0 aliphatic rings. The number of rotatable bonds is 3. The zero-order valence-electron chi connectivity index (χ0n) is 5.69. The number of allylic oxidation sites excluding steroid dienone is 1. The number of carbonyl (C=O) groups is 2. The number of hydrogen-bond acceptors (Lipinski definition) is 3. The lowest BCUT2D eigenvalue weighted by molar-refractivity contribution is -0.109. The van der Waals surface area contributed by atoms with Crippen LogP contribution in [-0.2, 0) is 9.59 Å². The molecular weight excluding hydrogens is 160 g/mol. The van der Waals surface area contributed by atoms with Crippen molar-refractivity contribution in [3.05, 3.63) is 28.0 Å². The second kappa shape index (κ2) is 3.83. The Kier molecular flexibility index (Phi) is 2.74. The summed E-state index contributed by atoms with van der Waals surface area (Å²) < 4.78 is 0. The van der Waals surface area contributed by atoms with Crippen LogP contribution in [0.15, 0.2) is 23.1 Å². The Hall–Kier alpha value is -1.22. The summed E-state index contributed by atoms with van der Waals surface area (Å²) in [4.78, 5) is 21.3. The van der Waals surface area contributed by atoms with Gasteiger partial charge in [0.25, 0.3) is 0 Å². The topological polar surface area (TPSA) is 34.1 Å². The summed E-state index contributed by atoms with van der Waals surface area (Å²) in [7, 11) is 0. The maximum absolute atomic E-state index is 10.2. The summed E-state index contributed by atoms with van der Waals surface area (Å²) >= 11 is 1.49. The van der Waals surface area contributed by atoms with E-state index in [1.54, 1.807) is 6.08 Å². The predicted molar refractivity (Wildman–Crippen MR) is 44.4 cm³/mol. The Balaban J connectivity index is 2.87. The summed E-state index contributed by atoms with van der Waals surface area (Å²) in [5, 5.41) is 1.89. The molecule has 0 amide bonds. The van der Waals surface area contributed by atoms with Gasteiger partial charge < -0.3 is 0 Å². The molecule has 3 heteroatoms. The lowest BCUT2D eigenvalue weighted by atomic mass is 10.3. The Labute approximate surface area is 68.2 Å². The fourth-order valence-corrected chi connectivity index (χ4v) is 1.31. The first kappa shape index (κ1) is 7.88. The largest absolute Gasteiger partial charge is 0.298 e. The molecular formula is C8H6O2S. The molecule has 0 aromatic carbocycles. The Morgan fingerprint density at radius 1 is 1.36 bits per heavy atom. The molecule has 1 heterocycles. The van der Waals surface area contributed by atoms with Crippen molar-refractivity contribution in [1.82, 2.24) is 0 Å². The van der Waals surface area contributed by atoms with Gasteiger partial charge in [-0.05, 0) is 17.5 Å². The van der Waals surface area contributed by atoms with E-state index in [1.807, 2.05) is 17.5 Å². The molecule has 0 fully saturated rings. The van der Waals surface area contributed by atoms with Gasteiger partial charge in [-0.3, -0.25) is 9.59 Å². The van der Waals surface area contributed by atoms with Crippen LogP contribution in [-0.4, -0.2) is 12.6 Å². The van der Waals surface area contributed by atoms with E-state index in [2.05, 4.69) is 0 Å². The number of carbonyl (C=O) groups excluding carboxylic acids is 2. The molecule has 0 N–H and O–H groups in total. The highest BCUT2D eigenvalue weighted by atomic mass is 32.1. The quantitative estimate of drug-likeness (QED) is 0.295. The molecule has 0 bridgehead atoms. The lowest BCUT2D eigenvalue weighted by Gasteiger charge is -1.83. The van der Waals surface area contributed by atoms with Gasteiger partial charge in [-0.15, -0.1) is 11.3 Å². The van der Waals surface area contributed by atoms with E-state index in [4.69, 9.17) is 0 Å². The van der Waals surface area contributed by atoms with Crippen LogP contribution in [0.1, 0.15) is 4.88 Å². The van der Waals surface area contributed by atoms with E-state index in [0.717, 1.165) is 4.88 Å². The van der Waals surface area contributed by atoms with E-state index >= 15 is 0 Å². The average Bonchev–Trinajstić information content (AvgIpc) is 2.52. The zero-order valence-corrected chi connectivity index (χ0v) is 6.51. The van der Waals surface area contributed by atoms with Crippen molar-refractivity contribution in [2.75, 3.05) is 0 Å². The van der Waals surface area contributed by atoms with Crippen LogP contribution >= 0.6 is 11.3 Å². The van der Waals surface area contributed by atoms with Gasteiger partial charge in [0.2, 0.25) is 0 Å². The fraction of sp³-hybridized carbons (Fsp3) is 0. The summed E-state index contributed by atoms with van der Waals surface area (Å²) in [5.41, 5.74) is 0.174. The van der Waals surface area contributed by atoms with E-state index in [0.29, 0.717) is 12.6 Å². The standard InChI is InChI=1S/C8H6O2S/c9-5-7(6-10)4-8-2-1-3-11-8/h1-6H. The van der Waals surface area contributed by atoms with Crippen molar-refractivity contribution in [3.8, 4) is 0 Å². The second-order valence-corrected chi connectivity index (χ2v) is 2.87. The molecule has 1 aromatic rings. The van der Waals surface area contributed by atoms with Crippen LogP contribution < -0.4 is 0 Å². The van der Waals surface area contributed by atoms with Crippen molar-refractivity contribution >= 4 is 30.0 Å². The molecule has 0 saturated heterocycles. The van der Waals surface area contributed by atoms with Gasteiger partial charge in [0.15, 0.2) is 12.6 Å². The molecule has 0 atom stereocenters. The normalized spacial score (nSPS) is 8.73. The Morgan fingerprint density at radius 2 is 2.09 bits per heavy atom. The van der Waals surface area contributed by atoms with Crippen molar-refractivity contribution in [2.45, 2.75) is 0 Å². The number of aldehydes is 2. The molecule has 0 radical (unpaired) electrons. The minimum atomic E-state index is 0.174. The molecule has 11 heavy (non-hydrogen) atoms. The van der Waals surface area contributed by atoms with Crippen LogP contribution in [0.2, 0.25) is 0 Å². The minimum absolute atomic E-state index is 0.174. The highest BCUT2D eigenvalue weighted by Gasteiger charge is 1.92. The first-order valence-corrected chi connectivity index (χ1v) is 3.90. The van der Waals surface area contributed by atoms with Gasteiger partial charge >= 0.3 is 0 Å². The molecule has 0 unspecified atom stereocenters. The van der Waals surface area contributed by atoms with Gasteiger partial charge in [-0.25, -0.2) is 0 Å². The molecule has 0 saturated carbocycles. The van der Waals surface area contributed by atoms with E-state index < -0.39 is 0 Å². The lowest BCUT2D eigenvalue weighted by Crippen LogP contribution is -1.83. The third-order valence-electron chi connectivity index (χ3n) is 1.12. The van der Waals surface area contributed by atoms with Crippen LogP contribution in [0.3, 0.4) is 0 Å². The fourth-order valence-electron chi connectivity index (χ4n) is 0.633. The smallest absolute Gasteiger partial charge is 0.153 e. The second-order valence-electron chi connectivity index (χ2n) is 1.90.